The van der Waals surface area contributed by atoms with Gasteiger partial charge in [-0.15, -0.1) is 0 Å². The summed E-state index contributed by atoms with van der Waals surface area (Å²) in [5, 5.41) is 0. The fourth-order valence-corrected chi connectivity index (χ4v) is 3.52. The Balaban J connectivity index is 1.84. The lowest BCUT2D eigenvalue weighted by Crippen LogP contribution is -2.13. The number of hydrogen-bond donors (Lipinski definition) is 1. The second kappa shape index (κ2) is 5.71. The molecule has 0 aromatic heterocycles. The van der Waals surface area contributed by atoms with Crippen molar-refractivity contribution in [2.24, 2.45) is 5.73 Å². The van der Waals surface area contributed by atoms with Gasteiger partial charge in [0.25, 0.3) is 0 Å². The summed E-state index contributed by atoms with van der Waals surface area (Å²) in [4.78, 5) is 0. The minimum Gasteiger partial charge on any atom is -0.320 e. The molecule has 0 spiro atoms. The highest BCUT2D eigenvalue weighted by Crippen LogP contribution is 2.37. The van der Waals surface area contributed by atoms with Crippen LogP contribution in [0.15, 0.2) is 46.9 Å². The third-order valence-corrected chi connectivity index (χ3v) is 5.05. The van der Waals surface area contributed by atoms with Crippen molar-refractivity contribution in [2.75, 3.05) is 0 Å². The van der Waals surface area contributed by atoms with Gasteiger partial charge in [0.05, 0.1) is 6.04 Å². The topological polar surface area (TPSA) is 26.0 Å². The van der Waals surface area contributed by atoms with Gasteiger partial charge in [-0.3, -0.25) is 0 Å². The van der Waals surface area contributed by atoms with Gasteiger partial charge in [0.2, 0.25) is 0 Å². The molecule has 1 saturated carbocycles. The van der Waals surface area contributed by atoms with Gasteiger partial charge in [0, 0.05) is 4.47 Å². The van der Waals surface area contributed by atoms with Crippen LogP contribution >= 0.6 is 15.9 Å². The molecular weight excluding hydrogens is 310 g/mol. The zero-order valence-corrected chi connectivity index (χ0v) is 13.4. The Bertz CT molecular complexity index is 599. The van der Waals surface area contributed by atoms with E-state index in [4.69, 9.17) is 5.73 Å². The van der Waals surface area contributed by atoms with Crippen molar-refractivity contribution < 1.29 is 0 Å². The number of benzene rings is 2. The summed E-state index contributed by atoms with van der Waals surface area (Å²) >= 11 is 3.62. The van der Waals surface area contributed by atoms with Crippen molar-refractivity contribution in [1.29, 1.82) is 0 Å². The van der Waals surface area contributed by atoms with E-state index >= 15 is 0 Å². The number of rotatable bonds is 3. The van der Waals surface area contributed by atoms with E-state index in [1.165, 1.54) is 36.0 Å². The van der Waals surface area contributed by atoms with Crippen LogP contribution in [0.2, 0.25) is 0 Å². The molecule has 1 unspecified atom stereocenters. The Kier molecular flexibility index (Phi) is 3.95. The van der Waals surface area contributed by atoms with Gasteiger partial charge in [0.15, 0.2) is 0 Å². The monoisotopic (exact) mass is 329 g/mol. The molecule has 0 bridgehead atoms. The quantitative estimate of drug-likeness (QED) is 0.835. The van der Waals surface area contributed by atoms with Crippen molar-refractivity contribution in [2.45, 2.75) is 38.1 Å². The van der Waals surface area contributed by atoms with Gasteiger partial charge in [-0.05, 0) is 54.0 Å². The summed E-state index contributed by atoms with van der Waals surface area (Å²) in [7, 11) is 0. The Morgan fingerprint density at radius 2 is 1.80 bits per heavy atom. The third kappa shape index (κ3) is 2.68. The van der Waals surface area contributed by atoms with Gasteiger partial charge in [-0.25, -0.2) is 0 Å². The molecule has 2 aromatic rings. The zero-order valence-electron chi connectivity index (χ0n) is 11.8. The molecule has 1 nitrogen and oxygen atoms in total. The first kappa shape index (κ1) is 13.8. The summed E-state index contributed by atoms with van der Waals surface area (Å²) in [6.45, 7) is 2.09. The Hall–Kier alpha value is -1.12. The number of hydrogen-bond acceptors (Lipinski definition) is 1. The number of aryl methyl sites for hydroxylation is 1. The standard InChI is InChI=1S/C18H20BrN/c1-12-5-10-16(17(19)11-12)18(20)15-8-6-14(7-9-15)13-3-2-4-13/h5-11,13,18H,2-4,20H2,1H3. The van der Waals surface area contributed by atoms with Crippen LogP contribution in [0, 0.1) is 6.92 Å². The van der Waals surface area contributed by atoms with Crippen LogP contribution in [0.4, 0.5) is 0 Å². The van der Waals surface area contributed by atoms with Gasteiger partial charge in [-0.1, -0.05) is 58.7 Å². The highest BCUT2D eigenvalue weighted by molar-refractivity contribution is 9.10. The van der Waals surface area contributed by atoms with Crippen molar-refractivity contribution >= 4 is 15.9 Å². The molecule has 0 amide bonds. The maximum Gasteiger partial charge on any atom is 0.0562 e. The minimum absolute atomic E-state index is 0.0691. The molecule has 1 fully saturated rings. The zero-order chi connectivity index (χ0) is 14.1. The summed E-state index contributed by atoms with van der Waals surface area (Å²) in [6.07, 6.45) is 4.06. The molecular formula is C18H20BrN. The summed E-state index contributed by atoms with van der Waals surface area (Å²) < 4.78 is 1.09. The smallest absolute Gasteiger partial charge is 0.0562 e. The van der Waals surface area contributed by atoms with Crippen LogP contribution in [0.25, 0.3) is 0 Å². The van der Waals surface area contributed by atoms with E-state index in [-0.39, 0.29) is 6.04 Å². The lowest BCUT2D eigenvalue weighted by molar-refractivity contribution is 0.419. The van der Waals surface area contributed by atoms with Crippen LogP contribution in [-0.4, -0.2) is 0 Å². The van der Waals surface area contributed by atoms with Crippen molar-refractivity contribution in [1.82, 2.24) is 0 Å². The highest BCUT2D eigenvalue weighted by atomic mass is 79.9. The van der Waals surface area contributed by atoms with E-state index < -0.39 is 0 Å². The molecule has 3 rings (SSSR count). The largest absolute Gasteiger partial charge is 0.320 e. The maximum atomic E-state index is 6.41. The van der Waals surface area contributed by atoms with Crippen LogP contribution in [0.5, 0.6) is 0 Å². The number of nitrogens with two attached hydrogens (primary N) is 1. The van der Waals surface area contributed by atoms with E-state index in [0.717, 1.165) is 16.0 Å². The van der Waals surface area contributed by atoms with Gasteiger partial charge < -0.3 is 5.73 Å². The molecule has 0 heterocycles. The summed E-state index contributed by atoms with van der Waals surface area (Å²) in [6, 6.07) is 15.2. The lowest BCUT2D eigenvalue weighted by atomic mass is 9.79. The molecule has 104 valence electrons. The van der Waals surface area contributed by atoms with Gasteiger partial charge in [-0.2, -0.15) is 0 Å². The van der Waals surface area contributed by atoms with Crippen LogP contribution in [0.3, 0.4) is 0 Å². The first-order valence-corrected chi connectivity index (χ1v) is 8.06. The minimum atomic E-state index is -0.0691. The molecule has 0 radical (unpaired) electrons. The van der Waals surface area contributed by atoms with Crippen molar-refractivity contribution in [3.8, 4) is 0 Å². The van der Waals surface area contributed by atoms with Crippen molar-refractivity contribution in [3.05, 3.63) is 69.2 Å². The molecule has 2 heteroatoms. The second-order valence-corrected chi connectivity index (χ2v) is 6.65. The average Bonchev–Trinajstić information content (AvgIpc) is 2.37. The van der Waals surface area contributed by atoms with Gasteiger partial charge >= 0.3 is 0 Å². The highest BCUT2D eigenvalue weighted by Gasteiger charge is 2.19. The Morgan fingerprint density at radius 1 is 1.10 bits per heavy atom. The van der Waals surface area contributed by atoms with Crippen LogP contribution in [0.1, 0.15) is 53.5 Å². The van der Waals surface area contributed by atoms with E-state index in [1.807, 2.05) is 0 Å². The van der Waals surface area contributed by atoms with Crippen molar-refractivity contribution in [3.63, 3.8) is 0 Å². The average molecular weight is 330 g/mol. The lowest BCUT2D eigenvalue weighted by Gasteiger charge is -2.26. The molecule has 2 aromatic carbocycles. The number of halogens is 1. The van der Waals surface area contributed by atoms with E-state index in [9.17, 15) is 0 Å². The SMILES string of the molecule is Cc1ccc(C(N)c2ccc(C3CCC3)cc2)c(Br)c1. The first-order valence-electron chi connectivity index (χ1n) is 7.26. The predicted octanol–water partition coefficient (Wildman–Crippen LogP) is 5.07. The fourth-order valence-electron chi connectivity index (χ4n) is 2.78. The molecule has 2 N–H and O–H groups in total. The maximum absolute atomic E-state index is 6.41. The predicted molar refractivity (Wildman–Crippen MR) is 87.9 cm³/mol. The normalized spacial score (nSPS) is 16.8. The molecule has 0 aliphatic heterocycles. The molecule has 1 aliphatic carbocycles. The Labute approximate surface area is 129 Å². The van der Waals surface area contributed by atoms with E-state index in [1.54, 1.807) is 0 Å². The Morgan fingerprint density at radius 3 is 2.35 bits per heavy atom. The van der Waals surface area contributed by atoms with Crippen LogP contribution in [-0.2, 0) is 0 Å². The molecule has 20 heavy (non-hydrogen) atoms. The first-order chi connectivity index (χ1) is 9.65. The summed E-state index contributed by atoms with van der Waals surface area (Å²) in [5.74, 6) is 0.784. The van der Waals surface area contributed by atoms with Gasteiger partial charge in [0.1, 0.15) is 0 Å². The van der Waals surface area contributed by atoms with E-state index in [0.29, 0.717) is 0 Å². The molecule has 0 saturated heterocycles. The van der Waals surface area contributed by atoms with E-state index in [2.05, 4.69) is 65.3 Å². The molecule has 1 atom stereocenters. The second-order valence-electron chi connectivity index (χ2n) is 5.80. The van der Waals surface area contributed by atoms with Crippen LogP contribution < -0.4 is 5.73 Å². The summed E-state index contributed by atoms with van der Waals surface area (Å²) in [5.41, 5.74) is 11.4. The third-order valence-electron chi connectivity index (χ3n) is 4.36. The molecule has 1 aliphatic rings. The fraction of sp³-hybridized carbons (Fsp3) is 0.333.